The van der Waals surface area contributed by atoms with Crippen LogP contribution in [-0.4, -0.2) is 6.61 Å². The Morgan fingerprint density at radius 2 is 2.33 bits per heavy atom. The van der Waals surface area contributed by atoms with Gasteiger partial charge in [0.25, 0.3) is 0 Å². The van der Waals surface area contributed by atoms with E-state index in [-0.39, 0.29) is 5.92 Å². The van der Waals surface area contributed by atoms with E-state index >= 15 is 0 Å². The number of nitrogens with zero attached hydrogens (tertiary/aromatic N) is 1. The van der Waals surface area contributed by atoms with Crippen LogP contribution in [-0.2, 0) is 4.74 Å². The molecule has 0 spiro atoms. The molecule has 0 heterocycles. The molecule has 12 heavy (non-hydrogen) atoms. The summed E-state index contributed by atoms with van der Waals surface area (Å²) in [5, 5.41) is 8.42. The topological polar surface area (TPSA) is 33.0 Å². The summed E-state index contributed by atoms with van der Waals surface area (Å²) in [5.74, 6) is -0.0131. The molecule has 0 aromatic heterocycles. The SMILES string of the molecule is CCCCC=COCC(C)C#N. The monoisotopic (exact) mass is 167 g/mol. The molecule has 0 fully saturated rings. The second-order valence-electron chi connectivity index (χ2n) is 2.88. The molecular weight excluding hydrogens is 150 g/mol. The lowest BCUT2D eigenvalue weighted by Gasteiger charge is -2.00. The number of unbranched alkanes of at least 4 members (excludes halogenated alkanes) is 2. The Morgan fingerprint density at radius 1 is 1.58 bits per heavy atom. The molecule has 0 aliphatic rings. The number of rotatable bonds is 6. The molecule has 1 atom stereocenters. The van der Waals surface area contributed by atoms with E-state index in [1.165, 1.54) is 12.8 Å². The normalized spacial score (nSPS) is 12.8. The van der Waals surface area contributed by atoms with Crippen LogP contribution in [0.15, 0.2) is 12.3 Å². The van der Waals surface area contributed by atoms with Crippen LogP contribution >= 0.6 is 0 Å². The van der Waals surface area contributed by atoms with E-state index in [1.807, 2.05) is 13.0 Å². The van der Waals surface area contributed by atoms with Gasteiger partial charge in [-0.05, 0) is 25.8 Å². The van der Waals surface area contributed by atoms with Crippen molar-refractivity contribution in [2.24, 2.45) is 5.92 Å². The first-order chi connectivity index (χ1) is 5.81. The summed E-state index contributed by atoms with van der Waals surface area (Å²) in [6, 6.07) is 2.11. The van der Waals surface area contributed by atoms with Crippen molar-refractivity contribution in [2.75, 3.05) is 6.61 Å². The average molecular weight is 167 g/mol. The largest absolute Gasteiger partial charge is 0.500 e. The second kappa shape index (κ2) is 8.13. The number of ether oxygens (including phenoxy) is 1. The first-order valence-electron chi connectivity index (χ1n) is 4.47. The number of allylic oxidation sites excluding steroid dienone is 1. The van der Waals surface area contributed by atoms with Gasteiger partial charge in [0.2, 0.25) is 0 Å². The third kappa shape index (κ3) is 7.14. The quantitative estimate of drug-likeness (QED) is 0.450. The van der Waals surface area contributed by atoms with Crippen molar-refractivity contribution in [1.29, 1.82) is 5.26 Å². The maximum Gasteiger partial charge on any atom is 0.103 e. The summed E-state index contributed by atoms with van der Waals surface area (Å²) in [7, 11) is 0. The van der Waals surface area contributed by atoms with E-state index in [4.69, 9.17) is 10.00 Å². The molecule has 0 bridgehead atoms. The van der Waals surface area contributed by atoms with Crippen molar-refractivity contribution in [2.45, 2.75) is 33.1 Å². The average Bonchev–Trinajstić information content (AvgIpc) is 2.10. The molecule has 0 saturated carbocycles. The Labute approximate surface area is 74.8 Å². The smallest absolute Gasteiger partial charge is 0.103 e. The zero-order chi connectivity index (χ0) is 9.23. The van der Waals surface area contributed by atoms with Gasteiger partial charge in [-0.25, -0.2) is 0 Å². The summed E-state index contributed by atoms with van der Waals surface area (Å²) >= 11 is 0. The van der Waals surface area contributed by atoms with Crippen LogP contribution in [0.3, 0.4) is 0 Å². The van der Waals surface area contributed by atoms with Crippen molar-refractivity contribution >= 4 is 0 Å². The third-order valence-electron chi connectivity index (χ3n) is 1.48. The Morgan fingerprint density at radius 3 is 2.92 bits per heavy atom. The van der Waals surface area contributed by atoms with Crippen LogP contribution in [0.25, 0.3) is 0 Å². The fraction of sp³-hybridized carbons (Fsp3) is 0.700. The molecule has 0 aliphatic carbocycles. The maximum absolute atomic E-state index is 8.42. The molecule has 2 heteroatoms. The van der Waals surface area contributed by atoms with Crippen LogP contribution in [0.1, 0.15) is 33.1 Å². The van der Waals surface area contributed by atoms with Gasteiger partial charge in [0.1, 0.15) is 6.61 Å². The standard InChI is InChI=1S/C10H17NO/c1-3-4-5-6-7-12-9-10(2)8-11/h6-7,10H,3-5,9H2,1-2H3. The molecule has 0 aliphatic heterocycles. The van der Waals surface area contributed by atoms with E-state index in [9.17, 15) is 0 Å². The summed E-state index contributed by atoms with van der Waals surface area (Å²) in [4.78, 5) is 0. The van der Waals surface area contributed by atoms with Crippen molar-refractivity contribution in [1.82, 2.24) is 0 Å². The lowest BCUT2D eigenvalue weighted by Crippen LogP contribution is -1.98. The van der Waals surface area contributed by atoms with Gasteiger partial charge in [-0.3, -0.25) is 0 Å². The highest BCUT2D eigenvalue weighted by molar-refractivity contribution is 4.80. The Hall–Kier alpha value is -0.970. The number of hydrogen-bond donors (Lipinski definition) is 0. The van der Waals surface area contributed by atoms with Gasteiger partial charge in [0.05, 0.1) is 18.2 Å². The van der Waals surface area contributed by atoms with Crippen molar-refractivity contribution < 1.29 is 4.74 Å². The summed E-state index contributed by atoms with van der Waals surface area (Å²) in [6.07, 6.45) is 7.18. The molecule has 2 nitrogen and oxygen atoms in total. The van der Waals surface area contributed by atoms with Crippen LogP contribution in [0.4, 0.5) is 0 Å². The van der Waals surface area contributed by atoms with Crippen molar-refractivity contribution in [3.05, 3.63) is 12.3 Å². The molecule has 0 aromatic rings. The summed E-state index contributed by atoms with van der Waals surface area (Å²) in [6.45, 7) is 4.51. The first-order valence-corrected chi connectivity index (χ1v) is 4.47. The van der Waals surface area contributed by atoms with Crippen LogP contribution < -0.4 is 0 Å². The van der Waals surface area contributed by atoms with Gasteiger partial charge in [-0.1, -0.05) is 13.3 Å². The van der Waals surface area contributed by atoms with E-state index in [2.05, 4.69) is 13.0 Å². The summed E-state index contributed by atoms with van der Waals surface area (Å²) in [5.41, 5.74) is 0. The lowest BCUT2D eigenvalue weighted by molar-refractivity contribution is 0.224. The minimum Gasteiger partial charge on any atom is -0.500 e. The van der Waals surface area contributed by atoms with Crippen LogP contribution in [0.2, 0.25) is 0 Å². The number of nitriles is 1. The van der Waals surface area contributed by atoms with E-state index in [0.717, 1.165) is 6.42 Å². The highest BCUT2D eigenvalue weighted by atomic mass is 16.5. The lowest BCUT2D eigenvalue weighted by atomic mass is 10.2. The highest BCUT2D eigenvalue weighted by Gasteiger charge is 1.95. The maximum atomic E-state index is 8.42. The van der Waals surface area contributed by atoms with Gasteiger partial charge in [0.15, 0.2) is 0 Å². The van der Waals surface area contributed by atoms with Gasteiger partial charge in [-0.2, -0.15) is 5.26 Å². The Balaban J connectivity index is 3.19. The Bertz CT molecular complexity index is 158. The fourth-order valence-electron chi connectivity index (χ4n) is 0.695. The first kappa shape index (κ1) is 11.0. The number of hydrogen-bond acceptors (Lipinski definition) is 2. The molecule has 0 aromatic carbocycles. The third-order valence-corrected chi connectivity index (χ3v) is 1.48. The molecule has 1 unspecified atom stereocenters. The predicted octanol–water partition coefficient (Wildman–Crippen LogP) is 2.87. The van der Waals surface area contributed by atoms with E-state index in [1.54, 1.807) is 6.26 Å². The fourth-order valence-corrected chi connectivity index (χ4v) is 0.695. The van der Waals surface area contributed by atoms with Crippen molar-refractivity contribution in [3.63, 3.8) is 0 Å². The molecular formula is C10H17NO. The van der Waals surface area contributed by atoms with Gasteiger partial charge < -0.3 is 4.74 Å². The summed E-state index contributed by atoms with van der Waals surface area (Å²) < 4.78 is 5.13. The zero-order valence-electron chi connectivity index (χ0n) is 7.92. The van der Waals surface area contributed by atoms with Crippen LogP contribution in [0, 0.1) is 17.2 Å². The van der Waals surface area contributed by atoms with E-state index in [0.29, 0.717) is 6.61 Å². The van der Waals surface area contributed by atoms with Crippen molar-refractivity contribution in [3.8, 4) is 6.07 Å². The Kier molecular flexibility index (Phi) is 7.47. The zero-order valence-corrected chi connectivity index (χ0v) is 7.92. The van der Waals surface area contributed by atoms with Crippen LogP contribution in [0.5, 0.6) is 0 Å². The molecule has 0 saturated heterocycles. The molecule has 68 valence electrons. The molecule has 0 amide bonds. The predicted molar refractivity (Wildman–Crippen MR) is 49.4 cm³/mol. The van der Waals surface area contributed by atoms with Gasteiger partial charge in [-0.15, -0.1) is 0 Å². The molecule has 0 N–H and O–H groups in total. The minimum absolute atomic E-state index is 0.0131. The second-order valence-corrected chi connectivity index (χ2v) is 2.88. The highest BCUT2D eigenvalue weighted by Crippen LogP contribution is 1.97. The van der Waals surface area contributed by atoms with Gasteiger partial charge in [0, 0.05) is 0 Å². The van der Waals surface area contributed by atoms with Gasteiger partial charge >= 0.3 is 0 Å². The minimum atomic E-state index is -0.0131. The van der Waals surface area contributed by atoms with E-state index < -0.39 is 0 Å². The molecule has 0 radical (unpaired) electrons. The molecule has 0 rings (SSSR count).